The zero-order valence-corrected chi connectivity index (χ0v) is 16.1. The van der Waals surface area contributed by atoms with E-state index in [2.05, 4.69) is 10.6 Å². The fraction of sp³-hybridized carbons (Fsp3) is 0.316. The average Bonchev–Trinajstić information content (AvgIpc) is 2.72. The van der Waals surface area contributed by atoms with Crippen LogP contribution in [0.5, 0.6) is 11.5 Å². The van der Waals surface area contributed by atoms with Gasteiger partial charge in [0.25, 0.3) is 11.6 Å². The van der Waals surface area contributed by atoms with E-state index in [4.69, 9.17) is 4.74 Å². The lowest BCUT2D eigenvalue weighted by atomic mass is 10.0. The zero-order valence-electron chi connectivity index (χ0n) is 15.3. The largest absolute Gasteiger partial charge is 0.504 e. The quantitative estimate of drug-likeness (QED) is 0.502. The number of hydrogen-bond donors (Lipinski definition) is 3. The molecule has 1 heterocycles. The van der Waals surface area contributed by atoms with E-state index < -0.39 is 4.92 Å². The Bertz CT molecular complexity index is 884. The van der Waals surface area contributed by atoms with E-state index in [0.29, 0.717) is 23.4 Å². The highest BCUT2D eigenvalue weighted by Crippen LogP contribution is 2.34. The molecule has 148 valence electrons. The number of hydrogen-bond acceptors (Lipinski definition) is 7. The van der Waals surface area contributed by atoms with Gasteiger partial charge in [-0.05, 0) is 23.3 Å². The molecule has 1 fully saturated rings. The maximum absolute atomic E-state index is 12.8. The molecule has 3 rings (SSSR count). The number of carbonyl (C=O) groups excluding carboxylic acids is 1. The number of thioether (sulfide) groups is 1. The summed E-state index contributed by atoms with van der Waals surface area (Å²) < 4.78 is 5.00. The van der Waals surface area contributed by atoms with E-state index in [1.54, 1.807) is 30.0 Å². The first-order chi connectivity index (χ1) is 13.5. The van der Waals surface area contributed by atoms with Crippen LogP contribution < -0.4 is 15.4 Å². The van der Waals surface area contributed by atoms with Crippen molar-refractivity contribution in [1.29, 1.82) is 0 Å². The van der Waals surface area contributed by atoms with Crippen LogP contribution in [0.3, 0.4) is 0 Å². The third-order valence-electron chi connectivity index (χ3n) is 4.46. The number of nitrogens with zero attached hydrogens (tertiary/aromatic N) is 1. The van der Waals surface area contributed by atoms with Gasteiger partial charge in [0.15, 0.2) is 11.5 Å². The highest BCUT2D eigenvalue weighted by atomic mass is 32.2. The number of non-ortho nitro benzene ring substituents is 1. The minimum absolute atomic E-state index is 0.0185. The van der Waals surface area contributed by atoms with Crippen molar-refractivity contribution in [1.82, 2.24) is 10.6 Å². The summed E-state index contributed by atoms with van der Waals surface area (Å²) in [7, 11) is 1.46. The molecule has 1 amide bonds. The second kappa shape index (κ2) is 8.94. The molecule has 2 aromatic rings. The number of ether oxygens (including phenoxy) is 1. The fourth-order valence-corrected chi connectivity index (χ4v) is 4.19. The third-order valence-corrected chi connectivity index (χ3v) is 5.73. The molecule has 1 unspecified atom stereocenters. The number of nitro benzene ring substituents is 1. The molecule has 3 N–H and O–H groups in total. The summed E-state index contributed by atoms with van der Waals surface area (Å²) in [6, 6.07) is 9.27. The smallest absolute Gasteiger partial charge is 0.270 e. The number of phenols is 1. The Balaban J connectivity index is 1.81. The first-order valence-corrected chi connectivity index (χ1v) is 9.79. The molecule has 1 saturated heterocycles. The lowest BCUT2D eigenvalue weighted by Crippen LogP contribution is -2.30. The molecule has 0 saturated carbocycles. The maximum Gasteiger partial charge on any atom is 0.270 e. The molecule has 0 aromatic heterocycles. The fourth-order valence-electron chi connectivity index (χ4n) is 3.02. The van der Waals surface area contributed by atoms with Gasteiger partial charge in [-0.1, -0.05) is 12.1 Å². The second-order valence-electron chi connectivity index (χ2n) is 6.28. The van der Waals surface area contributed by atoms with Crippen LogP contribution in [0.4, 0.5) is 5.69 Å². The van der Waals surface area contributed by atoms with Gasteiger partial charge in [0.1, 0.15) is 0 Å². The number of nitro groups is 1. The highest BCUT2D eigenvalue weighted by Gasteiger charge is 2.24. The van der Waals surface area contributed by atoms with E-state index in [1.807, 2.05) is 0 Å². The molecular weight excluding hydrogens is 382 g/mol. The number of rotatable bonds is 6. The summed E-state index contributed by atoms with van der Waals surface area (Å²) in [4.78, 5) is 23.5. The first kappa shape index (κ1) is 20.0. The molecule has 2 aromatic carbocycles. The second-order valence-corrected chi connectivity index (χ2v) is 7.59. The van der Waals surface area contributed by atoms with Gasteiger partial charge < -0.3 is 20.5 Å². The Morgan fingerprint density at radius 3 is 2.86 bits per heavy atom. The topological polar surface area (TPSA) is 114 Å². The van der Waals surface area contributed by atoms with Crippen LogP contribution in [-0.4, -0.2) is 41.9 Å². The van der Waals surface area contributed by atoms with E-state index in [9.17, 15) is 20.0 Å². The summed E-state index contributed by atoms with van der Waals surface area (Å²) in [6.07, 6.45) is 0. The van der Waals surface area contributed by atoms with Crippen LogP contribution in [0.2, 0.25) is 0 Å². The van der Waals surface area contributed by atoms with Crippen LogP contribution in [0.1, 0.15) is 26.7 Å². The minimum atomic E-state index is -0.506. The normalized spacial score (nSPS) is 16.4. The summed E-state index contributed by atoms with van der Waals surface area (Å²) in [6.45, 7) is 1.78. The Hall–Kier alpha value is -2.78. The predicted molar refractivity (Wildman–Crippen MR) is 107 cm³/mol. The summed E-state index contributed by atoms with van der Waals surface area (Å²) >= 11 is 1.72. The molecule has 1 atom stereocenters. The van der Waals surface area contributed by atoms with E-state index in [-0.39, 0.29) is 29.1 Å². The molecule has 0 radical (unpaired) electrons. The van der Waals surface area contributed by atoms with Crippen molar-refractivity contribution >= 4 is 23.4 Å². The number of methoxy groups -OCH3 is 1. The number of amides is 1. The van der Waals surface area contributed by atoms with Gasteiger partial charge >= 0.3 is 0 Å². The Morgan fingerprint density at radius 2 is 2.21 bits per heavy atom. The molecule has 28 heavy (non-hydrogen) atoms. The summed E-state index contributed by atoms with van der Waals surface area (Å²) in [5, 5.41) is 27.1. The molecule has 8 nitrogen and oxygen atoms in total. The number of phenolic OH excluding ortho intramolecular Hbond substituents is 1. The van der Waals surface area contributed by atoms with Crippen molar-refractivity contribution < 1.29 is 19.6 Å². The van der Waals surface area contributed by atoms with E-state index >= 15 is 0 Å². The van der Waals surface area contributed by atoms with Gasteiger partial charge in [-0.25, -0.2) is 0 Å². The van der Waals surface area contributed by atoms with E-state index in [0.717, 1.165) is 17.9 Å². The standard InChI is InChI=1S/C19H21N3O5S/c1-27-17-5-2-12(8-16(17)23)10-21-19(24)15-9-13(22(25)26)3-4-14(15)18-11-20-6-7-28-18/h2-5,8-9,18,20,23H,6-7,10-11H2,1H3,(H,21,24). The number of nitrogens with one attached hydrogen (secondary N) is 2. The molecule has 0 spiro atoms. The Labute approximate surface area is 166 Å². The van der Waals surface area contributed by atoms with Gasteiger partial charge in [0.2, 0.25) is 0 Å². The predicted octanol–water partition coefficient (Wildman–Crippen LogP) is 2.62. The van der Waals surface area contributed by atoms with Crippen molar-refractivity contribution in [2.75, 3.05) is 26.0 Å². The molecule has 0 bridgehead atoms. The Morgan fingerprint density at radius 1 is 1.39 bits per heavy atom. The first-order valence-electron chi connectivity index (χ1n) is 8.74. The van der Waals surface area contributed by atoms with Gasteiger partial charge in [-0.15, -0.1) is 0 Å². The van der Waals surface area contributed by atoms with Crippen molar-refractivity contribution in [3.05, 3.63) is 63.2 Å². The number of carbonyl (C=O) groups is 1. The maximum atomic E-state index is 12.8. The van der Waals surface area contributed by atoms with Crippen LogP contribution in [0.15, 0.2) is 36.4 Å². The lowest BCUT2D eigenvalue weighted by molar-refractivity contribution is -0.384. The molecule has 0 aliphatic carbocycles. The minimum Gasteiger partial charge on any atom is -0.504 e. The van der Waals surface area contributed by atoms with Crippen LogP contribution in [0, 0.1) is 10.1 Å². The number of benzene rings is 2. The van der Waals surface area contributed by atoms with Gasteiger partial charge in [-0.2, -0.15) is 11.8 Å². The average molecular weight is 403 g/mol. The van der Waals surface area contributed by atoms with Gasteiger partial charge in [0, 0.05) is 42.8 Å². The van der Waals surface area contributed by atoms with Gasteiger partial charge in [0.05, 0.1) is 17.6 Å². The van der Waals surface area contributed by atoms with Crippen molar-refractivity contribution in [3.8, 4) is 11.5 Å². The summed E-state index contributed by atoms with van der Waals surface area (Å²) in [5.41, 5.74) is 1.64. The van der Waals surface area contributed by atoms with Crippen LogP contribution in [0.25, 0.3) is 0 Å². The highest BCUT2D eigenvalue weighted by molar-refractivity contribution is 7.99. The van der Waals surface area contributed by atoms with E-state index in [1.165, 1.54) is 25.3 Å². The van der Waals surface area contributed by atoms with Crippen molar-refractivity contribution in [3.63, 3.8) is 0 Å². The van der Waals surface area contributed by atoms with Crippen molar-refractivity contribution in [2.24, 2.45) is 0 Å². The van der Waals surface area contributed by atoms with Crippen LogP contribution in [-0.2, 0) is 6.54 Å². The van der Waals surface area contributed by atoms with Crippen molar-refractivity contribution in [2.45, 2.75) is 11.8 Å². The lowest BCUT2D eigenvalue weighted by Gasteiger charge is -2.24. The van der Waals surface area contributed by atoms with Crippen LogP contribution >= 0.6 is 11.8 Å². The molecular formula is C19H21N3O5S. The summed E-state index contributed by atoms with van der Waals surface area (Å²) in [5.74, 6) is 0.849. The molecule has 1 aliphatic rings. The van der Waals surface area contributed by atoms with Gasteiger partial charge in [-0.3, -0.25) is 14.9 Å². The number of aromatic hydroxyl groups is 1. The Kier molecular flexibility index (Phi) is 6.37. The third kappa shape index (κ3) is 4.55. The zero-order chi connectivity index (χ0) is 20.1. The molecule has 9 heteroatoms. The molecule has 1 aliphatic heterocycles. The monoisotopic (exact) mass is 403 g/mol. The SMILES string of the molecule is COc1ccc(CNC(=O)c2cc([N+](=O)[O-])ccc2C2CNCCS2)cc1O.